The van der Waals surface area contributed by atoms with Crippen molar-refractivity contribution in [3.63, 3.8) is 0 Å². The molecule has 0 radical (unpaired) electrons. The van der Waals surface area contributed by atoms with Gasteiger partial charge in [0, 0.05) is 17.6 Å². The molecule has 0 saturated carbocycles. The standard InChI is InChI=1S/C9H12N2O2S/c1-3-4-10-7(9(12)13)8-11-6(2)5-14-8/h3,5,7,10H,1,4H2,2H3,(H,12,13). The Hall–Kier alpha value is -1.20. The molecule has 0 aliphatic rings. The lowest BCUT2D eigenvalue weighted by atomic mass is 10.3. The van der Waals surface area contributed by atoms with E-state index in [1.165, 1.54) is 11.3 Å². The Morgan fingerprint density at radius 1 is 1.93 bits per heavy atom. The number of nitrogens with zero attached hydrogens (tertiary/aromatic N) is 1. The smallest absolute Gasteiger partial charge is 0.327 e. The lowest BCUT2D eigenvalue weighted by Gasteiger charge is -2.09. The topological polar surface area (TPSA) is 62.2 Å². The molecular weight excluding hydrogens is 200 g/mol. The molecule has 1 atom stereocenters. The van der Waals surface area contributed by atoms with E-state index in [1.807, 2.05) is 12.3 Å². The quantitative estimate of drug-likeness (QED) is 0.723. The molecule has 1 heterocycles. The summed E-state index contributed by atoms with van der Waals surface area (Å²) >= 11 is 1.35. The van der Waals surface area contributed by atoms with Crippen molar-refractivity contribution in [1.29, 1.82) is 0 Å². The van der Waals surface area contributed by atoms with E-state index in [-0.39, 0.29) is 0 Å². The predicted molar refractivity (Wildman–Crippen MR) is 55.4 cm³/mol. The number of carboxylic acids is 1. The lowest BCUT2D eigenvalue weighted by molar-refractivity contribution is -0.139. The molecule has 0 aliphatic heterocycles. The van der Waals surface area contributed by atoms with Crippen LogP contribution in [0.3, 0.4) is 0 Å². The zero-order chi connectivity index (χ0) is 10.6. The summed E-state index contributed by atoms with van der Waals surface area (Å²) in [6, 6.07) is -0.730. The molecule has 76 valence electrons. The number of hydrogen-bond acceptors (Lipinski definition) is 4. The highest BCUT2D eigenvalue weighted by atomic mass is 32.1. The van der Waals surface area contributed by atoms with Crippen LogP contribution in [0, 0.1) is 6.92 Å². The van der Waals surface area contributed by atoms with Gasteiger partial charge in [-0.05, 0) is 6.92 Å². The van der Waals surface area contributed by atoms with Crippen LogP contribution in [-0.4, -0.2) is 22.6 Å². The van der Waals surface area contributed by atoms with E-state index in [0.717, 1.165) is 5.69 Å². The average molecular weight is 212 g/mol. The molecule has 1 aromatic rings. The van der Waals surface area contributed by atoms with Crippen LogP contribution in [0.25, 0.3) is 0 Å². The maximum atomic E-state index is 10.9. The van der Waals surface area contributed by atoms with Crippen molar-refractivity contribution in [3.05, 3.63) is 28.7 Å². The van der Waals surface area contributed by atoms with Crippen LogP contribution in [0.2, 0.25) is 0 Å². The Labute approximate surface area is 86.3 Å². The SMILES string of the molecule is C=CCNC(C(=O)O)c1nc(C)cs1. The highest BCUT2D eigenvalue weighted by Crippen LogP contribution is 2.17. The number of aryl methyl sites for hydroxylation is 1. The largest absolute Gasteiger partial charge is 0.480 e. The maximum absolute atomic E-state index is 10.9. The number of aliphatic carboxylic acids is 1. The third-order valence-electron chi connectivity index (χ3n) is 1.60. The molecule has 0 amide bonds. The molecule has 0 fully saturated rings. The second-order valence-electron chi connectivity index (χ2n) is 2.80. The van der Waals surface area contributed by atoms with E-state index >= 15 is 0 Å². The first-order valence-corrected chi connectivity index (χ1v) is 5.02. The van der Waals surface area contributed by atoms with Crippen molar-refractivity contribution < 1.29 is 9.90 Å². The minimum absolute atomic E-state index is 0.454. The minimum Gasteiger partial charge on any atom is -0.480 e. The summed E-state index contributed by atoms with van der Waals surface area (Å²) in [4.78, 5) is 15.0. The molecule has 14 heavy (non-hydrogen) atoms. The minimum atomic E-state index is -0.916. The van der Waals surface area contributed by atoms with Crippen LogP contribution in [0.1, 0.15) is 16.7 Å². The summed E-state index contributed by atoms with van der Waals surface area (Å²) in [5.74, 6) is -0.916. The fourth-order valence-corrected chi connectivity index (χ4v) is 1.85. The number of thiazole rings is 1. The monoisotopic (exact) mass is 212 g/mol. The normalized spacial score (nSPS) is 12.4. The highest BCUT2D eigenvalue weighted by molar-refractivity contribution is 7.09. The average Bonchev–Trinajstić information content (AvgIpc) is 2.52. The second-order valence-corrected chi connectivity index (χ2v) is 3.68. The summed E-state index contributed by atoms with van der Waals surface area (Å²) in [6.45, 7) is 5.81. The van der Waals surface area contributed by atoms with Gasteiger partial charge in [-0.2, -0.15) is 0 Å². The van der Waals surface area contributed by atoms with E-state index in [0.29, 0.717) is 11.6 Å². The third kappa shape index (κ3) is 2.65. The summed E-state index contributed by atoms with van der Waals surface area (Å²) in [6.07, 6.45) is 1.62. The van der Waals surface area contributed by atoms with E-state index < -0.39 is 12.0 Å². The van der Waals surface area contributed by atoms with Crippen molar-refractivity contribution in [2.75, 3.05) is 6.54 Å². The molecule has 4 nitrogen and oxygen atoms in total. The summed E-state index contributed by atoms with van der Waals surface area (Å²) in [5, 5.41) is 14.2. The van der Waals surface area contributed by atoms with Crippen molar-refractivity contribution in [2.24, 2.45) is 0 Å². The van der Waals surface area contributed by atoms with Crippen LogP contribution in [0.15, 0.2) is 18.0 Å². The van der Waals surface area contributed by atoms with Gasteiger partial charge in [0.25, 0.3) is 0 Å². The van der Waals surface area contributed by atoms with Gasteiger partial charge >= 0.3 is 5.97 Å². The van der Waals surface area contributed by atoms with Crippen LogP contribution in [0.5, 0.6) is 0 Å². The van der Waals surface area contributed by atoms with Gasteiger partial charge in [0.2, 0.25) is 0 Å². The zero-order valence-electron chi connectivity index (χ0n) is 7.86. The number of aromatic nitrogens is 1. The number of carbonyl (C=O) groups is 1. The van der Waals surface area contributed by atoms with E-state index in [4.69, 9.17) is 5.11 Å². The Bertz CT molecular complexity index is 335. The van der Waals surface area contributed by atoms with Gasteiger partial charge in [0.1, 0.15) is 5.01 Å². The molecule has 2 N–H and O–H groups in total. The number of carboxylic acid groups (broad SMARTS) is 1. The van der Waals surface area contributed by atoms with Crippen LogP contribution in [0.4, 0.5) is 0 Å². The van der Waals surface area contributed by atoms with Crippen LogP contribution in [-0.2, 0) is 4.79 Å². The Morgan fingerprint density at radius 3 is 3.07 bits per heavy atom. The molecule has 0 bridgehead atoms. The van der Waals surface area contributed by atoms with E-state index in [1.54, 1.807) is 6.08 Å². The fraction of sp³-hybridized carbons (Fsp3) is 0.333. The van der Waals surface area contributed by atoms with Gasteiger partial charge < -0.3 is 5.11 Å². The first-order valence-electron chi connectivity index (χ1n) is 4.14. The highest BCUT2D eigenvalue weighted by Gasteiger charge is 2.21. The number of rotatable bonds is 5. The summed E-state index contributed by atoms with van der Waals surface area (Å²) in [5.41, 5.74) is 0.844. The van der Waals surface area contributed by atoms with Crippen LogP contribution >= 0.6 is 11.3 Å². The van der Waals surface area contributed by atoms with Crippen molar-refractivity contribution in [2.45, 2.75) is 13.0 Å². The third-order valence-corrected chi connectivity index (χ3v) is 2.62. The first kappa shape index (κ1) is 10.9. The Balaban J connectivity index is 2.77. The van der Waals surface area contributed by atoms with Crippen LogP contribution < -0.4 is 5.32 Å². The zero-order valence-corrected chi connectivity index (χ0v) is 8.67. The van der Waals surface area contributed by atoms with Crippen molar-refractivity contribution in [1.82, 2.24) is 10.3 Å². The summed E-state index contributed by atoms with van der Waals surface area (Å²) < 4.78 is 0. The van der Waals surface area contributed by atoms with Gasteiger partial charge in [0.15, 0.2) is 6.04 Å². The van der Waals surface area contributed by atoms with Gasteiger partial charge in [0.05, 0.1) is 0 Å². The lowest BCUT2D eigenvalue weighted by Crippen LogP contribution is -2.28. The van der Waals surface area contributed by atoms with Gasteiger partial charge in [-0.25, -0.2) is 4.98 Å². The van der Waals surface area contributed by atoms with E-state index in [2.05, 4.69) is 16.9 Å². The molecular formula is C9H12N2O2S. The predicted octanol–water partition coefficient (Wildman–Crippen LogP) is 1.35. The molecule has 5 heteroatoms. The molecule has 1 aromatic heterocycles. The maximum Gasteiger partial charge on any atom is 0.327 e. The summed E-state index contributed by atoms with van der Waals surface area (Å²) in [7, 11) is 0. The molecule has 1 rings (SSSR count). The second kappa shape index (κ2) is 4.88. The molecule has 1 unspecified atom stereocenters. The Kier molecular flexibility index (Phi) is 3.79. The van der Waals surface area contributed by atoms with Crippen molar-refractivity contribution >= 4 is 17.3 Å². The molecule has 0 aromatic carbocycles. The van der Waals surface area contributed by atoms with Gasteiger partial charge in [-0.1, -0.05) is 6.08 Å². The van der Waals surface area contributed by atoms with Crippen molar-refractivity contribution in [3.8, 4) is 0 Å². The number of hydrogen-bond donors (Lipinski definition) is 2. The Morgan fingerprint density at radius 2 is 2.64 bits per heavy atom. The van der Waals surface area contributed by atoms with Gasteiger partial charge in [-0.3, -0.25) is 10.1 Å². The fourth-order valence-electron chi connectivity index (χ4n) is 0.986. The van der Waals surface area contributed by atoms with E-state index in [9.17, 15) is 4.79 Å². The molecule has 0 saturated heterocycles. The molecule has 0 spiro atoms. The molecule has 0 aliphatic carbocycles. The number of nitrogens with one attached hydrogen (secondary N) is 1. The van der Waals surface area contributed by atoms with Gasteiger partial charge in [-0.15, -0.1) is 17.9 Å². The first-order chi connectivity index (χ1) is 6.65.